The van der Waals surface area contributed by atoms with Crippen molar-refractivity contribution >= 4 is 0 Å². The summed E-state index contributed by atoms with van der Waals surface area (Å²) in [7, 11) is 0. The highest BCUT2D eigenvalue weighted by molar-refractivity contribution is 5.38. The first-order valence-electron chi connectivity index (χ1n) is 7.00. The molecule has 0 saturated carbocycles. The predicted molar refractivity (Wildman–Crippen MR) is 77.3 cm³/mol. The lowest BCUT2D eigenvalue weighted by Crippen LogP contribution is -2.18. The fourth-order valence-electron chi connectivity index (χ4n) is 2.74. The molecule has 0 fully saturated rings. The first-order valence-corrected chi connectivity index (χ1v) is 7.00. The van der Waals surface area contributed by atoms with Gasteiger partial charge in [0.05, 0.1) is 0 Å². The molecule has 0 aromatic heterocycles. The second kappa shape index (κ2) is 5.63. The number of ether oxygens (including phenoxy) is 1. The molecule has 0 aliphatic heterocycles. The molecule has 104 valence electrons. The molecule has 1 unspecified atom stereocenters. The van der Waals surface area contributed by atoms with Crippen molar-refractivity contribution in [3.8, 4) is 5.75 Å². The number of aryl methyl sites for hydroxylation is 2. The average molecular weight is 271 g/mol. The number of halogens is 1. The van der Waals surface area contributed by atoms with Crippen LogP contribution in [0.5, 0.6) is 5.75 Å². The summed E-state index contributed by atoms with van der Waals surface area (Å²) >= 11 is 0. The molecule has 2 aromatic rings. The van der Waals surface area contributed by atoms with Crippen LogP contribution in [0, 0.1) is 5.82 Å². The molecule has 1 atom stereocenters. The summed E-state index contributed by atoms with van der Waals surface area (Å²) in [6.45, 7) is 0.320. The highest BCUT2D eigenvalue weighted by atomic mass is 19.1. The molecular formula is C17H18FNO. The van der Waals surface area contributed by atoms with Crippen molar-refractivity contribution in [2.45, 2.75) is 25.4 Å². The molecule has 2 aromatic carbocycles. The number of rotatable bonds is 4. The fourth-order valence-corrected chi connectivity index (χ4v) is 2.74. The Balaban J connectivity index is 1.81. The van der Waals surface area contributed by atoms with Crippen LogP contribution in [0.4, 0.5) is 4.39 Å². The van der Waals surface area contributed by atoms with Crippen LogP contribution in [0.15, 0.2) is 42.5 Å². The predicted octanol–water partition coefficient (Wildman–Crippen LogP) is 3.39. The second-order valence-corrected chi connectivity index (χ2v) is 5.18. The largest absolute Gasteiger partial charge is 0.484 e. The summed E-state index contributed by atoms with van der Waals surface area (Å²) in [4.78, 5) is 0. The average Bonchev–Trinajstić information content (AvgIpc) is 2.92. The summed E-state index contributed by atoms with van der Waals surface area (Å²) < 4.78 is 19.2. The minimum Gasteiger partial charge on any atom is -0.484 e. The van der Waals surface area contributed by atoms with E-state index in [4.69, 9.17) is 10.5 Å². The summed E-state index contributed by atoms with van der Waals surface area (Å²) in [5, 5.41) is 0. The van der Waals surface area contributed by atoms with Gasteiger partial charge >= 0.3 is 0 Å². The molecular weight excluding hydrogens is 253 g/mol. The molecule has 0 spiro atoms. The molecule has 2 N–H and O–H groups in total. The van der Waals surface area contributed by atoms with Crippen LogP contribution in [-0.2, 0) is 12.8 Å². The van der Waals surface area contributed by atoms with Crippen LogP contribution >= 0.6 is 0 Å². The van der Waals surface area contributed by atoms with Gasteiger partial charge < -0.3 is 10.5 Å². The number of benzene rings is 2. The van der Waals surface area contributed by atoms with Crippen LogP contribution in [0.2, 0.25) is 0 Å². The van der Waals surface area contributed by atoms with E-state index in [1.165, 1.54) is 29.7 Å². The monoisotopic (exact) mass is 271 g/mol. The topological polar surface area (TPSA) is 35.2 Å². The van der Waals surface area contributed by atoms with Crippen molar-refractivity contribution in [3.63, 3.8) is 0 Å². The minimum atomic E-state index is -0.315. The maximum atomic E-state index is 13.3. The standard InChI is InChI=1S/C17H18FNO/c18-15-6-2-5-14(9-15)17(11-19)20-16-8-7-12-3-1-4-13(12)10-16/h2,5-10,17H,1,3-4,11,19H2. The van der Waals surface area contributed by atoms with Crippen molar-refractivity contribution in [2.75, 3.05) is 6.54 Å². The molecule has 1 aliphatic carbocycles. The minimum absolute atomic E-state index is 0.265. The second-order valence-electron chi connectivity index (χ2n) is 5.18. The summed E-state index contributed by atoms with van der Waals surface area (Å²) in [6, 6.07) is 12.6. The van der Waals surface area contributed by atoms with Crippen LogP contribution in [0.25, 0.3) is 0 Å². The zero-order valence-corrected chi connectivity index (χ0v) is 11.3. The van der Waals surface area contributed by atoms with E-state index in [1.54, 1.807) is 6.07 Å². The van der Waals surface area contributed by atoms with Gasteiger partial charge in [0.2, 0.25) is 0 Å². The van der Waals surface area contributed by atoms with Crippen molar-refractivity contribution in [2.24, 2.45) is 5.73 Å². The number of hydrogen-bond acceptors (Lipinski definition) is 2. The van der Waals surface area contributed by atoms with E-state index in [2.05, 4.69) is 12.1 Å². The summed E-state index contributed by atoms with van der Waals surface area (Å²) in [6.07, 6.45) is 3.16. The Morgan fingerprint density at radius 2 is 1.95 bits per heavy atom. The Labute approximate surface area is 118 Å². The molecule has 3 rings (SSSR count). The highest BCUT2D eigenvalue weighted by Gasteiger charge is 2.15. The molecule has 0 radical (unpaired) electrons. The molecule has 2 nitrogen and oxygen atoms in total. The van der Waals surface area contributed by atoms with Crippen LogP contribution in [0.1, 0.15) is 29.2 Å². The zero-order chi connectivity index (χ0) is 13.9. The molecule has 3 heteroatoms. The lowest BCUT2D eigenvalue weighted by atomic mass is 10.1. The van der Waals surface area contributed by atoms with Gasteiger partial charge in [-0.3, -0.25) is 0 Å². The molecule has 0 heterocycles. The van der Waals surface area contributed by atoms with Crippen molar-refractivity contribution in [1.29, 1.82) is 0 Å². The van der Waals surface area contributed by atoms with Gasteiger partial charge in [-0.05, 0) is 60.2 Å². The van der Waals surface area contributed by atoms with Crippen molar-refractivity contribution < 1.29 is 9.13 Å². The van der Waals surface area contributed by atoms with Crippen LogP contribution in [-0.4, -0.2) is 6.54 Å². The van der Waals surface area contributed by atoms with E-state index < -0.39 is 0 Å². The first kappa shape index (κ1) is 13.1. The lowest BCUT2D eigenvalue weighted by Gasteiger charge is -2.18. The molecule has 0 saturated heterocycles. The van der Waals surface area contributed by atoms with Gasteiger partial charge in [-0.15, -0.1) is 0 Å². The third-order valence-electron chi connectivity index (χ3n) is 3.78. The maximum absolute atomic E-state index is 13.3. The van der Waals surface area contributed by atoms with Gasteiger partial charge in [-0.2, -0.15) is 0 Å². The Bertz CT molecular complexity index is 612. The van der Waals surface area contributed by atoms with Crippen LogP contribution in [0.3, 0.4) is 0 Å². The first-order chi connectivity index (χ1) is 9.76. The van der Waals surface area contributed by atoms with Crippen molar-refractivity contribution in [1.82, 2.24) is 0 Å². The van der Waals surface area contributed by atoms with Gasteiger partial charge in [-0.1, -0.05) is 18.2 Å². The molecule has 0 bridgehead atoms. The van der Waals surface area contributed by atoms with Gasteiger partial charge in [0.25, 0.3) is 0 Å². The van der Waals surface area contributed by atoms with Gasteiger partial charge in [0.15, 0.2) is 0 Å². The van der Waals surface area contributed by atoms with Gasteiger partial charge in [-0.25, -0.2) is 4.39 Å². The van der Waals surface area contributed by atoms with E-state index in [0.29, 0.717) is 6.54 Å². The normalized spacial score (nSPS) is 14.9. The third kappa shape index (κ3) is 2.68. The Morgan fingerprint density at radius 3 is 2.75 bits per heavy atom. The van der Waals surface area contributed by atoms with E-state index in [0.717, 1.165) is 24.2 Å². The molecule has 20 heavy (non-hydrogen) atoms. The number of hydrogen-bond donors (Lipinski definition) is 1. The third-order valence-corrected chi connectivity index (χ3v) is 3.78. The highest BCUT2D eigenvalue weighted by Crippen LogP contribution is 2.28. The molecule has 1 aliphatic rings. The maximum Gasteiger partial charge on any atom is 0.136 e. The van der Waals surface area contributed by atoms with E-state index in [9.17, 15) is 4.39 Å². The van der Waals surface area contributed by atoms with E-state index >= 15 is 0 Å². The van der Waals surface area contributed by atoms with Crippen molar-refractivity contribution in [3.05, 3.63) is 65.0 Å². The Kier molecular flexibility index (Phi) is 3.70. The smallest absolute Gasteiger partial charge is 0.136 e. The zero-order valence-electron chi connectivity index (χ0n) is 11.3. The van der Waals surface area contributed by atoms with Crippen LogP contribution < -0.4 is 10.5 Å². The quantitative estimate of drug-likeness (QED) is 0.925. The number of fused-ring (bicyclic) bond motifs is 1. The fraction of sp³-hybridized carbons (Fsp3) is 0.294. The lowest BCUT2D eigenvalue weighted by molar-refractivity contribution is 0.213. The summed E-state index contributed by atoms with van der Waals surface area (Å²) in [5.41, 5.74) is 9.31. The summed E-state index contributed by atoms with van der Waals surface area (Å²) in [5.74, 6) is 0.545. The van der Waals surface area contributed by atoms with Gasteiger partial charge in [0, 0.05) is 6.54 Å². The number of nitrogens with two attached hydrogens (primary N) is 1. The van der Waals surface area contributed by atoms with E-state index in [-0.39, 0.29) is 11.9 Å². The molecule has 0 amide bonds. The van der Waals surface area contributed by atoms with Gasteiger partial charge in [0.1, 0.15) is 17.7 Å². The Hall–Kier alpha value is -1.87. The Morgan fingerprint density at radius 1 is 1.10 bits per heavy atom. The van der Waals surface area contributed by atoms with E-state index in [1.807, 2.05) is 12.1 Å². The SMILES string of the molecule is NCC(Oc1ccc2c(c1)CCC2)c1cccc(F)c1.